The Bertz CT molecular complexity index is 1160. The highest BCUT2D eigenvalue weighted by Gasteiger charge is 2.31. The Labute approximate surface area is 174 Å². The second-order valence-corrected chi connectivity index (χ2v) is 8.31. The molecule has 7 nitrogen and oxygen atoms in total. The number of piperazine rings is 1. The van der Waals surface area contributed by atoms with Crippen LogP contribution in [0.15, 0.2) is 36.7 Å². The van der Waals surface area contributed by atoms with Crippen molar-refractivity contribution in [3.05, 3.63) is 42.5 Å². The lowest BCUT2D eigenvalue weighted by Crippen LogP contribution is -2.61. The van der Waals surface area contributed by atoms with Crippen molar-refractivity contribution in [1.82, 2.24) is 24.8 Å². The molecule has 2 aliphatic rings. The molecule has 4 bridgehead atoms. The molecule has 0 radical (unpaired) electrons. The van der Waals surface area contributed by atoms with Gasteiger partial charge >= 0.3 is 0 Å². The summed E-state index contributed by atoms with van der Waals surface area (Å²) < 4.78 is 21.9. The maximum absolute atomic E-state index is 14.6. The number of nitrogens with zero attached hydrogens (tertiary/aromatic N) is 4. The fraction of sp³-hybridized carbons (Fsp3) is 0.364. The Kier molecular flexibility index (Phi) is 4.57. The number of rotatable bonds is 0. The molecule has 0 amide bonds. The molecule has 8 heteroatoms. The largest absolute Gasteiger partial charge is 0.407 e. The van der Waals surface area contributed by atoms with Crippen LogP contribution in [0.3, 0.4) is 0 Å². The quantitative estimate of drug-likeness (QED) is 0.559. The van der Waals surface area contributed by atoms with Gasteiger partial charge in [-0.15, -0.1) is 0 Å². The number of benzene rings is 1. The first-order valence-corrected chi connectivity index (χ1v) is 10.0. The summed E-state index contributed by atoms with van der Waals surface area (Å²) in [5.41, 5.74) is 1.58. The Morgan fingerprint density at radius 2 is 2.17 bits per heavy atom. The highest BCUT2D eigenvalue weighted by Crippen LogP contribution is 2.30. The summed E-state index contributed by atoms with van der Waals surface area (Å²) in [6.07, 6.45) is 6.26. The lowest BCUT2D eigenvalue weighted by molar-refractivity contribution is 0.128. The van der Waals surface area contributed by atoms with Gasteiger partial charge in [0.15, 0.2) is 5.65 Å². The average Bonchev–Trinajstić information content (AvgIpc) is 3.13. The molecule has 2 aliphatic heterocycles. The van der Waals surface area contributed by atoms with Crippen LogP contribution >= 0.6 is 0 Å². The molecule has 3 aromatic rings. The van der Waals surface area contributed by atoms with Gasteiger partial charge in [-0.3, -0.25) is 4.90 Å². The molecule has 1 aromatic carbocycles. The second kappa shape index (κ2) is 7.27. The number of aromatic nitrogens is 3. The minimum atomic E-state index is -0.362. The zero-order chi connectivity index (χ0) is 20.7. The van der Waals surface area contributed by atoms with Gasteiger partial charge in [-0.1, -0.05) is 0 Å². The van der Waals surface area contributed by atoms with Crippen LogP contribution in [0.5, 0.6) is 5.75 Å². The number of nitrogens with one attached hydrogen (secondary N) is 2. The van der Waals surface area contributed by atoms with Crippen LogP contribution in [-0.4, -0.2) is 57.3 Å². The van der Waals surface area contributed by atoms with Crippen molar-refractivity contribution < 1.29 is 9.13 Å². The Morgan fingerprint density at radius 1 is 1.27 bits per heavy atom. The predicted octanol–water partition coefficient (Wildman–Crippen LogP) is 2.35. The third-order valence-electron chi connectivity index (χ3n) is 5.51. The van der Waals surface area contributed by atoms with Crippen molar-refractivity contribution in [2.75, 3.05) is 31.5 Å². The van der Waals surface area contributed by atoms with Crippen molar-refractivity contribution >= 4 is 11.5 Å². The van der Waals surface area contributed by atoms with Crippen LogP contribution in [0.1, 0.15) is 13.8 Å². The average molecular weight is 406 g/mol. The molecular weight excluding hydrogens is 383 g/mol. The standard InChI is InChI=1S/C22H23FN6O/c1-22(2)14-28-9-7-24-20-5-8-29-21(27-20)18(13-26-29)17-11-16(3-4-19(17)23)30-10-6-15(28)12-25-22/h3-5,8,11,13,15,25H,7,9,12,14H2,1-2H3,(H,24,27). The minimum absolute atomic E-state index is 0.0114. The summed E-state index contributed by atoms with van der Waals surface area (Å²) >= 11 is 0. The van der Waals surface area contributed by atoms with E-state index in [2.05, 4.69) is 51.5 Å². The number of anilines is 1. The minimum Gasteiger partial charge on any atom is -0.407 e. The number of fused-ring (bicyclic) bond motifs is 5. The van der Waals surface area contributed by atoms with Crippen LogP contribution in [0.2, 0.25) is 0 Å². The number of hydrogen-bond acceptors (Lipinski definition) is 6. The first-order valence-electron chi connectivity index (χ1n) is 10.0. The van der Waals surface area contributed by atoms with Crippen LogP contribution in [-0.2, 0) is 0 Å². The summed E-state index contributed by atoms with van der Waals surface area (Å²) in [4.78, 5) is 7.02. The van der Waals surface area contributed by atoms with E-state index in [9.17, 15) is 4.39 Å². The van der Waals surface area contributed by atoms with Gasteiger partial charge in [0.25, 0.3) is 0 Å². The first kappa shape index (κ1) is 18.9. The molecule has 2 N–H and O–H groups in total. The molecule has 0 aliphatic carbocycles. The van der Waals surface area contributed by atoms with Crippen LogP contribution in [0, 0.1) is 17.8 Å². The summed E-state index contributed by atoms with van der Waals surface area (Å²) in [6, 6.07) is 6.50. The lowest BCUT2D eigenvalue weighted by atomic mass is 9.99. The molecule has 0 saturated carbocycles. The summed E-state index contributed by atoms with van der Waals surface area (Å²) in [5, 5.41) is 11.2. The monoisotopic (exact) mass is 406 g/mol. The van der Waals surface area contributed by atoms with E-state index in [0.717, 1.165) is 25.5 Å². The molecular formula is C22H23FN6O. The summed E-state index contributed by atoms with van der Waals surface area (Å²) in [5.74, 6) is 4.06. The highest BCUT2D eigenvalue weighted by atomic mass is 19.1. The molecule has 1 atom stereocenters. The lowest BCUT2D eigenvalue weighted by Gasteiger charge is -2.42. The molecule has 2 aromatic heterocycles. The van der Waals surface area contributed by atoms with E-state index in [4.69, 9.17) is 4.74 Å². The topological polar surface area (TPSA) is 66.7 Å². The maximum Gasteiger partial charge on any atom is 0.165 e. The number of hydrogen-bond donors (Lipinski definition) is 2. The molecule has 4 heterocycles. The second-order valence-electron chi connectivity index (χ2n) is 8.31. The van der Waals surface area contributed by atoms with Gasteiger partial charge < -0.3 is 15.4 Å². The molecule has 30 heavy (non-hydrogen) atoms. The molecule has 1 unspecified atom stereocenters. The summed E-state index contributed by atoms with van der Waals surface area (Å²) in [6.45, 7) is 7.52. The molecule has 0 spiro atoms. The Balaban J connectivity index is 1.57. The van der Waals surface area contributed by atoms with Crippen molar-refractivity contribution in [1.29, 1.82) is 0 Å². The van der Waals surface area contributed by atoms with Gasteiger partial charge in [0.2, 0.25) is 0 Å². The molecule has 154 valence electrons. The highest BCUT2D eigenvalue weighted by molar-refractivity contribution is 5.78. The van der Waals surface area contributed by atoms with Gasteiger partial charge in [-0.05, 0) is 44.0 Å². The van der Waals surface area contributed by atoms with Crippen LogP contribution in [0.4, 0.5) is 10.2 Å². The first-order chi connectivity index (χ1) is 14.5. The van der Waals surface area contributed by atoms with E-state index < -0.39 is 0 Å². The zero-order valence-corrected chi connectivity index (χ0v) is 16.9. The van der Waals surface area contributed by atoms with E-state index in [1.165, 1.54) is 6.07 Å². The zero-order valence-electron chi connectivity index (χ0n) is 16.9. The third-order valence-corrected chi connectivity index (χ3v) is 5.51. The molecule has 1 fully saturated rings. The van der Waals surface area contributed by atoms with E-state index >= 15 is 0 Å². The van der Waals surface area contributed by atoms with E-state index in [-0.39, 0.29) is 17.4 Å². The Morgan fingerprint density at radius 3 is 3.07 bits per heavy atom. The third kappa shape index (κ3) is 3.58. The van der Waals surface area contributed by atoms with Crippen molar-refractivity contribution in [2.24, 2.45) is 0 Å². The van der Waals surface area contributed by atoms with E-state index in [1.807, 2.05) is 12.3 Å². The van der Waals surface area contributed by atoms with E-state index in [1.54, 1.807) is 22.8 Å². The Hall–Kier alpha value is -3.15. The van der Waals surface area contributed by atoms with Crippen molar-refractivity contribution in [3.63, 3.8) is 0 Å². The van der Waals surface area contributed by atoms with Crippen molar-refractivity contribution in [3.8, 4) is 28.9 Å². The van der Waals surface area contributed by atoms with Gasteiger partial charge in [0.05, 0.1) is 12.2 Å². The normalized spacial score (nSPS) is 20.8. The van der Waals surface area contributed by atoms with Gasteiger partial charge in [0.1, 0.15) is 23.5 Å². The SMILES string of the molecule is CC1(C)CN2CCNc3ccn4ncc(c4n3)-c3cc(ccc3F)OC#CC2CN1. The predicted molar refractivity (Wildman–Crippen MR) is 113 cm³/mol. The number of ether oxygens (including phenoxy) is 1. The van der Waals surface area contributed by atoms with Crippen LogP contribution < -0.4 is 15.4 Å². The number of halogens is 1. The van der Waals surface area contributed by atoms with Crippen molar-refractivity contribution in [2.45, 2.75) is 25.4 Å². The van der Waals surface area contributed by atoms with Gasteiger partial charge in [-0.2, -0.15) is 5.10 Å². The van der Waals surface area contributed by atoms with E-state index in [0.29, 0.717) is 29.1 Å². The molecule has 1 saturated heterocycles. The smallest absolute Gasteiger partial charge is 0.165 e. The fourth-order valence-corrected chi connectivity index (χ4v) is 3.97. The summed E-state index contributed by atoms with van der Waals surface area (Å²) in [7, 11) is 0. The van der Waals surface area contributed by atoms with Crippen LogP contribution in [0.25, 0.3) is 16.8 Å². The molecule has 5 rings (SSSR count). The van der Waals surface area contributed by atoms with Gasteiger partial charge in [0, 0.05) is 49.0 Å². The fourth-order valence-electron chi connectivity index (χ4n) is 3.97. The van der Waals surface area contributed by atoms with Gasteiger partial charge in [-0.25, -0.2) is 13.9 Å². The maximum atomic E-state index is 14.6.